The van der Waals surface area contributed by atoms with Crippen molar-refractivity contribution in [3.8, 4) is 0 Å². The lowest BCUT2D eigenvalue weighted by Gasteiger charge is -2.14. The number of fused-ring (bicyclic) bond motifs is 1. The fourth-order valence-corrected chi connectivity index (χ4v) is 3.09. The Labute approximate surface area is 120 Å². The highest BCUT2D eigenvalue weighted by Crippen LogP contribution is 2.26. The minimum absolute atomic E-state index is 0.0191. The molecule has 0 radical (unpaired) electrons. The molecule has 19 heavy (non-hydrogen) atoms. The first-order chi connectivity index (χ1) is 8.87. The summed E-state index contributed by atoms with van der Waals surface area (Å²) in [4.78, 5) is 13.7. The normalized spacial score (nSPS) is 14.8. The molecular weight excluding hydrogens is 334 g/mol. The van der Waals surface area contributed by atoms with Gasteiger partial charge in [-0.2, -0.15) is 8.42 Å². The molecule has 0 saturated heterocycles. The van der Waals surface area contributed by atoms with Crippen LogP contribution in [0, 0.1) is 0 Å². The van der Waals surface area contributed by atoms with Crippen LogP contribution in [0.1, 0.15) is 28.8 Å². The third kappa shape index (κ3) is 3.77. The van der Waals surface area contributed by atoms with Gasteiger partial charge in [0.25, 0.3) is 16.0 Å². The fourth-order valence-electron chi connectivity index (χ4n) is 2.12. The molecule has 1 aliphatic heterocycles. The molecule has 0 saturated carbocycles. The Morgan fingerprint density at radius 2 is 2.05 bits per heavy atom. The Balaban J connectivity index is 1.90. The highest BCUT2D eigenvalue weighted by Gasteiger charge is 2.26. The second kappa shape index (κ2) is 5.60. The second-order valence-electron chi connectivity index (χ2n) is 4.52. The maximum atomic E-state index is 12.0. The predicted molar refractivity (Wildman–Crippen MR) is 74.5 cm³/mol. The van der Waals surface area contributed by atoms with Crippen molar-refractivity contribution in [1.82, 2.24) is 4.90 Å². The van der Waals surface area contributed by atoms with E-state index in [1.165, 1.54) is 0 Å². The van der Waals surface area contributed by atoms with Crippen molar-refractivity contribution in [2.75, 3.05) is 12.3 Å². The molecule has 7 heteroatoms. The first-order valence-electron chi connectivity index (χ1n) is 5.90. The van der Waals surface area contributed by atoms with Gasteiger partial charge in [-0.1, -0.05) is 15.9 Å². The molecule has 1 N–H and O–H groups in total. The standard InChI is InChI=1S/C12H14BrNO4S/c13-10-3-4-11-9(7-10)8-14(12(11)15)5-1-2-6-19(16,17)18/h3-4,7H,1-2,5-6,8H2,(H,16,17,18). The van der Waals surface area contributed by atoms with Crippen molar-refractivity contribution in [3.63, 3.8) is 0 Å². The molecule has 2 rings (SSSR count). The third-order valence-corrected chi connectivity index (χ3v) is 4.32. The molecular formula is C12H14BrNO4S. The minimum Gasteiger partial charge on any atom is -0.334 e. The zero-order valence-electron chi connectivity index (χ0n) is 10.2. The van der Waals surface area contributed by atoms with Gasteiger partial charge in [-0.3, -0.25) is 9.35 Å². The number of carbonyl (C=O) groups excluding carboxylic acids is 1. The number of amides is 1. The molecule has 0 fully saturated rings. The van der Waals surface area contributed by atoms with Gasteiger partial charge in [0, 0.05) is 23.1 Å². The van der Waals surface area contributed by atoms with Crippen molar-refractivity contribution >= 4 is 32.0 Å². The summed E-state index contributed by atoms with van der Waals surface area (Å²) in [5.74, 6) is -0.276. The lowest BCUT2D eigenvalue weighted by Crippen LogP contribution is -2.25. The first-order valence-corrected chi connectivity index (χ1v) is 8.30. The van der Waals surface area contributed by atoms with Crippen LogP contribution in [0.4, 0.5) is 0 Å². The molecule has 0 spiro atoms. The zero-order chi connectivity index (χ0) is 14.0. The van der Waals surface area contributed by atoms with Crippen LogP contribution >= 0.6 is 15.9 Å². The Hall–Kier alpha value is -0.920. The number of benzene rings is 1. The molecule has 0 aromatic heterocycles. The van der Waals surface area contributed by atoms with Crippen LogP contribution in [0.2, 0.25) is 0 Å². The first kappa shape index (κ1) is 14.5. The van der Waals surface area contributed by atoms with Gasteiger partial charge < -0.3 is 4.90 Å². The summed E-state index contributed by atoms with van der Waals surface area (Å²) in [5.41, 5.74) is 1.69. The maximum absolute atomic E-state index is 12.0. The third-order valence-electron chi connectivity index (χ3n) is 3.03. The van der Waals surface area contributed by atoms with Crippen LogP contribution < -0.4 is 0 Å². The summed E-state index contributed by atoms with van der Waals surface area (Å²) in [5, 5.41) is 0. The van der Waals surface area contributed by atoms with E-state index >= 15 is 0 Å². The van der Waals surface area contributed by atoms with Crippen molar-refractivity contribution < 1.29 is 17.8 Å². The maximum Gasteiger partial charge on any atom is 0.264 e. The summed E-state index contributed by atoms with van der Waals surface area (Å²) in [6.07, 6.45) is 0.906. The Bertz CT molecular complexity index is 600. The molecule has 1 aliphatic rings. The number of hydrogen-bond acceptors (Lipinski definition) is 3. The summed E-state index contributed by atoms with van der Waals surface area (Å²) in [7, 11) is -3.90. The number of unbranched alkanes of at least 4 members (excludes halogenated alkanes) is 1. The summed E-state index contributed by atoms with van der Waals surface area (Å²) in [6.45, 7) is 1.06. The van der Waals surface area contributed by atoms with Crippen molar-refractivity contribution in [2.24, 2.45) is 0 Å². The van der Waals surface area contributed by atoms with Gasteiger partial charge in [-0.25, -0.2) is 0 Å². The molecule has 1 aromatic rings. The molecule has 0 bridgehead atoms. The average molecular weight is 348 g/mol. The smallest absolute Gasteiger partial charge is 0.264 e. The zero-order valence-corrected chi connectivity index (χ0v) is 12.6. The molecule has 1 amide bonds. The van der Waals surface area contributed by atoms with Gasteiger partial charge in [0.1, 0.15) is 0 Å². The quantitative estimate of drug-likeness (QED) is 0.653. The largest absolute Gasteiger partial charge is 0.334 e. The number of hydrogen-bond donors (Lipinski definition) is 1. The highest BCUT2D eigenvalue weighted by atomic mass is 79.9. The number of rotatable bonds is 5. The van der Waals surface area contributed by atoms with E-state index in [1.807, 2.05) is 12.1 Å². The molecule has 1 heterocycles. The molecule has 5 nitrogen and oxygen atoms in total. The van der Waals surface area contributed by atoms with Crippen LogP contribution in [0.5, 0.6) is 0 Å². The van der Waals surface area contributed by atoms with E-state index in [1.54, 1.807) is 11.0 Å². The average Bonchev–Trinajstić information content (AvgIpc) is 2.60. The predicted octanol–water partition coefficient (Wildman–Crippen LogP) is 2.07. The molecule has 1 aromatic carbocycles. The van der Waals surface area contributed by atoms with E-state index in [2.05, 4.69) is 15.9 Å². The second-order valence-corrected chi connectivity index (χ2v) is 7.01. The summed E-state index contributed by atoms with van der Waals surface area (Å²) in [6, 6.07) is 5.55. The Morgan fingerprint density at radius 3 is 2.74 bits per heavy atom. The summed E-state index contributed by atoms with van der Waals surface area (Å²) < 4.78 is 30.7. The molecule has 0 unspecified atom stereocenters. The van der Waals surface area contributed by atoms with Gasteiger partial charge in [0.2, 0.25) is 0 Å². The van der Waals surface area contributed by atoms with Gasteiger partial charge >= 0.3 is 0 Å². The lowest BCUT2D eigenvalue weighted by molar-refractivity contribution is 0.0776. The lowest BCUT2D eigenvalue weighted by atomic mass is 10.1. The minimum atomic E-state index is -3.90. The SMILES string of the molecule is O=C1c2ccc(Br)cc2CN1CCCCS(=O)(=O)O. The monoisotopic (exact) mass is 347 g/mol. The van der Waals surface area contributed by atoms with Crippen LogP contribution in [0.15, 0.2) is 22.7 Å². The van der Waals surface area contributed by atoms with Crippen molar-refractivity contribution in [3.05, 3.63) is 33.8 Å². The fraction of sp³-hybridized carbons (Fsp3) is 0.417. The van der Waals surface area contributed by atoms with Crippen molar-refractivity contribution in [2.45, 2.75) is 19.4 Å². The number of halogens is 1. The van der Waals surface area contributed by atoms with Crippen LogP contribution in [-0.4, -0.2) is 36.1 Å². The Kier molecular flexibility index (Phi) is 4.27. The van der Waals surface area contributed by atoms with Gasteiger partial charge in [-0.05, 0) is 36.6 Å². The van der Waals surface area contributed by atoms with Crippen molar-refractivity contribution in [1.29, 1.82) is 0 Å². The highest BCUT2D eigenvalue weighted by molar-refractivity contribution is 9.10. The molecule has 0 atom stereocenters. The van der Waals surface area contributed by atoms with E-state index in [4.69, 9.17) is 4.55 Å². The van der Waals surface area contributed by atoms with Gasteiger partial charge in [0.15, 0.2) is 0 Å². The van der Waals surface area contributed by atoms with E-state index in [9.17, 15) is 13.2 Å². The van der Waals surface area contributed by atoms with E-state index in [0.29, 0.717) is 31.5 Å². The van der Waals surface area contributed by atoms with Gasteiger partial charge in [0.05, 0.1) is 5.75 Å². The number of nitrogens with zero attached hydrogens (tertiary/aromatic N) is 1. The number of carbonyl (C=O) groups is 1. The van der Waals surface area contributed by atoms with Crippen LogP contribution in [0.3, 0.4) is 0 Å². The van der Waals surface area contributed by atoms with E-state index < -0.39 is 10.1 Å². The van der Waals surface area contributed by atoms with E-state index in [0.717, 1.165) is 10.0 Å². The van der Waals surface area contributed by atoms with Crippen LogP contribution in [0.25, 0.3) is 0 Å². The van der Waals surface area contributed by atoms with E-state index in [-0.39, 0.29) is 11.7 Å². The Morgan fingerprint density at radius 1 is 1.32 bits per heavy atom. The van der Waals surface area contributed by atoms with Gasteiger partial charge in [-0.15, -0.1) is 0 Å². The topological polar surface area (TPSA) is 74.7 Å². The molecule has 104 valence electrons. The summed E-state index contributed by atoms with van der Waals surface area (Å²) >= 11 is 3.37. The molecule has 0 aliphatic carbocycles. The van der Waals surface area contributed by atoms with Crippen LogP contribution in [-0.2, 0) is 16.7 Å².